The molecule has 1 aromatic carbocycles. The topological polar surface area (TPSA) is 29.3 Å². The third kappa shape index (κ3) is 2.96. The number of nitrogens with two attached hydrogens (primary N) is 1. The number of nitrogens with zero attached hydrogens (tertiary/aromatic N) is 1. The van der Waals surface area contributed by atoms with E-state index in [0.717, 1.165) is 0 Å². The van der Waals surface area contributed by atoms with Gasteiger partial charge in [0.25, 0.3) is 0 Å². The Labute approximate surface area is 93.1 Å². The van der Waals surface area contributed by atoms with Crippen LogP contribution in [0.25, 0.3) is 0 Å². The highest BCUT2D eigenvalue weighted by Gasteiger charge is 2.08. The Morgan fingerprint density at radius 3 is 2.07 bits per heavy atom. The second-order valence-electron chi connectivity index (χ2n) is 4.44. The van der Waals surface area contributed by atoms with E-state index >= 15 is 0 Å². The van der Waals surface area contributed by atoms with Crippen molar-refractivity contribution in [3.05, 3.63) is 29.8 Å². The van der Waals surface area contributed by atoms with Crippen molar-refractivity contribution in [3.63, 3.8) is 0 Å². The van der Waals surface area contributed by atoms with E-state index in [9.17, 15) is 0 Å². The summed E-state index contributed by atoms with van der Waals surface area (Å²) < 4.78 is 0. The van der Waals surface area contributed by atoms with Crippen molar-refractivity contribution in [2.24, 2.45) is 5.73 Å². The molecule has 0 bridgehead atoms. The Balaban J connectivity index is 2.79. The first-order valence-electron chi connectivity index (χ1n) is 5.59. The van der Waals surface area contributed by atoms with Crippen LogP contribution in [0, 0.1) is 0 Å². The van der Waals surface area contributed by atoms with Crippen LogP contribution < -0.4 is 10.6 Å². The zero-order chi connectivity index (χ0) is 11.4. The van der Waals surface area contributed by atoms with Gasteiger partial charge in [-0.05, 0) is 30.5 Å². The molecule has 0 radical (unpaired) electrons. The molecule has 0 aromatic heterocycles. The Bertz CT molecular complexity index is 290. The Kier molecular flexibility index (Phi) is 4.15. The molecule has 1 aromatic rings. The fraction of sp³-hybridized carbons (Fsp3) is 0.538. The van der Waals surface area contributed by atoms with Crippen LogP contribution in [0.2, 0.25) is 0 Å². The number of anilines is 1. The maximum absolute atomic E-state index is 5.65. The lowest BCUT2D eigenvalue weighted by Gasteiger charge is -2.26. The summed E-state index contributed by atoms with van der Waals surface area (Å²) in [7, 11) is 2.09. The second-order valence-corrected chi connectivity index (χ2v) is 4.44. The van der Waals surface area contributed by atoms with Crippen molar-refractivity contribution < 1.29 is 0 Å². The smallest absolute Gasteiger partial charge is 0.0380 e. The van der Waals surface area contributed by atoms with Gasteiger partial charge >= 0.3 is 0 Å². The lowest BCUT2D eigenvalue weighted by Crippen LogP contribution is -2.35. The van der Waals surface area contributed by atoms with E-state index in [4.69, 9.17) is 5.73 Å². The largest absolute Gasteiger partial charge is 0.371 e. The van der Waals surface area contributed by atoms with Crippen molar-refractivity contribution in [1.29, 1.82) is 0 Å². The van der Waals surface area contributed by atoms with Gasteiger partial charge in [-0.1, -0.05) is 26.0 Å². The van der Waals surface area contributed by atoms with Crippen molar-refractivity contribution in [1.82, 2.24) is 0 Å². The maximum Gasteiger partial charge on any atom is 0.0380 e. The molecule has 15 heavy (non-hydrogen) atoms. The van der Waals surface area contributed by atoms with Gasteiger partial charge in [0, 0.05) is 25.3 Å². The Morgan fingerprint density at radius 2 is 1.67 bits per heavy atom. The van der Waals surface area contributed by atoms with Gasteiger partial charge in [0.15, 0.2) is 0 Å². The number of hydrogen-bond acceptors (Lipinski definition) is 2. The van der Waals surface area contributed by atoms with Gasteiger partial charge < -0.3 is 10.6 Å². The Morgan fingerprint density at radius 1 is 1.13 bits per heavy atom. The SMILES string of the molecule is CC(C)c1ccc(N(C)C(C)CN)cc1. The van der Waals surface area contributed by atoms with E-state index in [-0.39, 0.29) is 0 Å². The summed E-state index contributed by atoms with van der Waals surface area (Å²) in [5, 5.41) is 0. The minimum absolute atomic E-state index is 0.384. The Hall–Kier alpha value is -1.02. The average Bonchev–Trinajstić information content (AvgIpc) is 2.27. The highest BCUT2D eigenvalue weighted by atomic mass is 15.1. The van der Waals surface area contributed by atoms with E-state index < -0.39 is 0 Å². The first-order chi connectivity index (χ1) is 7.06. The fourth-order valence-corrected chi connectivity index (χ4v) is 1.51. The van der Waals surface area contributed by atoms with Crippen LogP contribution >= 0.6 is 0 Å². The van der Waals surface area contributed by atoms with Crippen LogP contribution in [-0.4, -0.2) is 19.6 Å². The second kappa shape index (κ2) is 5.17. The average molecular weight is 206 g/mol. The van der Waals surface area contributed by atoms with Gasteiger partial charge in [-0.3, -0.25) is 0 Å². The third-order valence-corrected chi connectivity index (χ3v) is 2.97. The molecule has 2 heteroatoms. The molecule has 2 nitrogen and oxygen atoms in total. The van der Waals surface area contributed by atoms with Crippen LogP contribution in [0.5, 0.6) is 0 Å². The molecule has 0 spiro atoms. The van der Waals surface area contributed by atoms with Crippen LogP contribution in [0.4, 0.5) is 5.69 Å². The van der Waals surface area contributed by atoms with Crippen molar-refractivity contribution in [2.75, 3.05) is 18.5 Å². The van der Waals surface area contributed by atoms with Crippen LogP contribution in [-0.2, 0) is 0 Å². The molecule has 0 saturated carbocycles. The zero-order valence-corrected chi connectivity index (χ0v) is 10.2. The molecule has 0 saturated heterocycles. The molecular weight excluding hydrogens is 184 g/mol. The summed E-state index contributed by atoms with van der Waals surface area (Å²) in [4.78, 5) is 2.21. The van der Waals surface area contributed by atoms with Gasteiger partial charge in [0.1, 0.15) is 0 Å². The monoisotopic (exact) mass is 206 g/mol. The lowest BCUT2D eigenvalue weighted by molar-refractivity contribution is 0.695. The highest BCUT2D eigenvalue weighted by molar-refractivity contribution is 5.48. The van der Waals surface area contributed by atoms with Gasteiger partial charge in [0.05, 0.1) is 0 Å². The quantitative estimate of drug-likeness (QED) is 0.820. The number of rotatable bonds is 4. The molecule has 0 amide bonds. The summed E-state index contributed by atoms with van der Waals surface area (Å²) in [6.45, 7) is 7.24. The minimum atomic E-state index is 0.384. The predicted octanol–water partition coefficient (Wildman–Crippen LogP) is 2.59. The summed E-state index contributed by atoms with van der Waals surface area (Å²) in [6.07, 6.45) is 0. The molecule has 84 valence electrons. The van der Waals surface area contributed by atoms with Gasteiger partial charge in [0.2, 0.25) is 0 Å². The van der Waals surface area contributed by atoms with E-state index in [1.54, 1.807) is 0 Å². The number of likely N-dealkylation sites (N-methyl/N-ethyl adjacent to an activating group) is 1. The van der Waals surface area contributed by atoms with E-state index in [0.29, 0.717) is 18.5 Å². The summed E-state index contributed by atoms with van der Waals surface area (Å²) in [5.41, 5.74) is 8.26. The first kappa shape index (κ1) is 12.1. The molecule has 1 rings (SSSR count). The van der Waals surface area contributed by atoms with Gasteiger partial charge in [-0.2, -0.15) is 0 Å². The van der Waals surface area contributed by atoms with Crippen molar-refractivity contribution in [2.45, 2.75) is 32.7 Å². The van der Waals surface area contributed by atoms with E-state index in [1.807, 2.05) is 0 Å². The number of hydrogen-bond donors (Lipinski definition) is 1. The maximum atomic E-state index is 5.65. The molecule has 0 aliphatic carbocycles. The van der Waals surface area contributed by atoms with Gasteiger partial charge in [-0.25, -0.2) is 0 Å². The van der Waals surface area contributed by atoms with Crippen molar-refractivity contribution in [3.8, 4) is 0 Å². The van der Waals surface area contributed by atoms with Gasteiger partial charge in [-0.15, -0.1) is 0 Å². The summed E-state index contributed by atoms with van der Waals surface area (Å²) in [6, 6.07) is 9.11. The standard InChI is InChI=1S/C13H22N2/c1-10(2)12-5-7-13(8-6-12)15(4)11(3)9-14/h5-8,10-11H,9,14H2,1-4H3. The third-order valence-electron chi connectivity index (χ3n) is 2.97. The fourth-order valence-electron chi connectivity index (χ4n) is 1.51. The molecular formula is C13H22N2. The van der Waals surface area contributed by atoms with Crippen molar-refractivity contribution >= 4 is 5.69 Å². The van der Waals surface area contributed by atoms with Crippen LogP contribution in [0.15, 0.2) is 24.3 Å². The zero-order valence-electron chi connectivity index (χ0n) is 10.2. The van der Waals surface area contributed by atoms with E-state index in [2.05, 4.69) is 57.0 Å². The molecule has 0 aliphatic rings. The first-order valence-corrected chi connectivity index (χ1v) is 5.59. The summed E-state index contributed by atoms with van der Waals surface area (Å²) >= 11 is 0. The molecule has 1 unspecified atom stereocenters. The van der Waals surface area contributed by atoms with Crippen LogP contribution in [0.1, 0.15) is 32.3 Å². The molecule has 0 fully saturated rings. The summed E-state index contributed by atoms with van der Waals surface area (Å²) in [5.74, 6) is 0.594. The molecule has 1 atom stereocenters. The molecule has 0 heterocycles. The minimum Gasteiger partial charge on any atom is -0.371 e. The van der Waals surface area contributed by atoms with E-state index in [1.165, 1.54) is 11.3 Å². The lowest BCUT2D eigenvalue weighted by atomic mass is 10.0. The predicted molar refractivity (Wildman–Crippen MR) is 67.5 cm³/mol. The molecule has 0 aliphatic heterocycles. The number of benzene rings is 1. The van der Waals surface area contributed by atoms with Crippen LogP contribution in [0.3, 0.4) is 0 Å². The highest BCUT2D eigenvalue weighted by Crippen LogP contribution is 2.20. The molecule has 2 N–H and O–H groups in total. The normalized spacial score (nSPS) is 12.9.